The number of aromatic nitrogens is 6. The molecule has 10 rings (SSSR count). The summed E-state index contributed by atoms with van der Waals surface area (Å²) in [6.45, 7) is 15.1. The second-order valence-corrected chi connectivity index (χ2v) is 28.8. The lowest BCUT2D eigenvalue weighted by molar-refractivity contribution is -0.136. The Hall–Kier alpha value is -6.67. The molecule has 95 heavy (non-hydrogen) atoms. The first-order valence-electron chi connectivity index (χ1n) is 33.9. The predicted octanol–water partition coefficient (Wildman–Crippen LogP) is 14.3. The van der Waals surface area contributed by atoms with Crippen LogP contribution in [0.25, 0.3) is 34.3 Å². The van der Waals surface area contributed by atoms with Crippen molar-refractivity contribution in [2.45, 2.75) is 186 Å². The number of aliphatic hydroxyl groups excluding tert-OH is 2. The minimum absolute atomic E-state index is 0.0578. The number of anilines is 1. The summed E-state index contributed by atoms with van der Waals surface area (Å²) in [6, 6.07) is 27.8. The van der Waals surface area contributed by atoms with Gasteiger partial charge in [0.05, 0.1) is 27.4 Å². The number of aromatic amines is 1. The highest BCUT2D eigenvalue weighted by Crippen LogP contribution is 2.39. The molecular formula is C75H92Cl3N9O8. The second-order valence-electron chi connectivity index (χ2n) is 27.5. The van der Waals surface area contributed by atoms with Crippen LogP contribution >= 0.6 is 34.8 Å². The molecule has 5 heterocycles. The second kappa shape index (κ2) is 33.1. The number of benzene rings is 4. The number of nitrogens with zero attached hydrogens (tertiary/aromatic N) is 7. The number of H-pyrrole nitrogens is 1. The molecule has 4 N–H and O–H groups in total. The summed E-state index contributed by atoms with van der Waals surface area (Å²) in [6.07, 6.45) is 13.6. The molecule has 7 aromatic rings. The fraction of sp³-hybridized carbons (Fsp3) is 0.493. The number of carbonyl (C=O) groups is 4. The summed E-state index contributed by atoms with van der Waals surface area (Å²) in [5, 5.41) is 27.5. The third-order valence-electron chi connectivity index (χ3n) is 18.9. The molecular weight excluding hydrogens is 1260 g/mol. The average Bonchev–Trinajstić information content (AvgIpc) is 1.64. The quantitative estimate of drug-likeness (QED) is 0.0228. The zero-order chi connectivity index (χ0) is 67.3. The normalized spacial score (nSPS) is 20.4. The summed E-state index contributed by atoms with van der Waals surface area (Å²) >= 11 is 19.1. The van der Waals surface area contributed by atoms with Crippen LogP contribution in [0.1, 0.15) is 164 Å². The molecule has 20 heteroatoms. The molecule has 1 unspecified atom stereocenters. The molecule has 1 amide bonds. The number of aryl methyl sites for hydroxylation is 2. The van der Waals surface area contributed by atoms with Crippen molar-refractivity contribution in [2.75, 3.05) is 44.7 Å². The lowest BCUT2D eigenvalue weighted by Crippen LogP contribution is -2.52. The molecule has 0 spiro atoms. The number of ketones is 3. The lowest BCUT2D eigenvalue weighted by atomic mass is 9.76. The summed E-state index contributed by atoms with van der Waals surface area (Å²) in [5.74, 6) is 1.83. The van der Waals surface area contributed by atoms with Gasteiger partial charge in [0.2, 0.25) is 5.91 Å². The van der Waals surface area contributed by atoms with Gasteiger partial charge in [-0.25, -0.2) is 19.9 Å². The van der Waals surface area contributed by atoms with E-state index in [1.165, 1.54) is 11.9 Å². The summed E-state index contributed by atoms with van der Waals surface area (Å²) in [4.78, 5) is 80.6. The zero-order valence-corrected chi connectivity index (χ0v) is 57.9. The van der Waals surface area contributed by atoms with Crippen molar-refractivity contribution in [3.05, 3.63) is 157 Å². The number of Topliss-reactive ketones (excluding diaryl/α,β-unsaturated/α-hetero) is 3. The maximum Gasteiger partial charge on any atom is 0.226 e. The number of hydrogen-bond donors (Lipinski definition) is 4. The lowest BCUT2D eigenvalue weighted by Gasteiger charge is -2.46. The zero-order valence-electron chi connectivity index (χ0n) is 55.7. The van der Waals surface area contributed by atoms with Crippen LogP contribution in [0, 0.1) is 18.8 Å². The van der Waals surface area contributed by atoms with E-state index in [1.807, 2.05) is 61.5 Å². The predicted molar refractivity (Wildman–Crippen MR) is 377 cm³/mol. The number of aliphatic hydroxyl groups is 2. The Morgan fingerprint density at radius 3 is 2.20 bits per heavy atom. The van der Waals surface area contributed by atoms with Gasteiger partial charge in [0.15, 0.2) is 29.0 Å². The van der Waals surface area contributed by atoms with E-state index in [-0.39, 0.29) is 53.7 Å². The van der Waals surface area contributed by atoms with Crippen LogP contribution < -0.4 is 5.32 Å². The van der Waals surface area contributed by atoms with Gasteiger partial charge in [-0.1, -0.05) is 117 Å². The number of hydrogen-bond acceptors (Lipinski definition) is 14. The van der Waals surface area contributed by atoms with Crippen LogP contribution in [0.3, 0.4) is 0 Å². The van der Waals surface area contributed by atoms with Gasteiger partial charge in [-0.3, -0.25) is 28.6 Å². The first-order valence-corrected chi connectivity index (χ1v) is 35.1. The molecule has 2 aliphatic heterocycles. The van der Waals surface area contributed by atoms with E-state index in [1.54, 1.807) is 40.1 Å². The van der Waals surface area contributed by atoms with E-state index in [0.717, 1.165) is 78.5 Å². The number of imidazole rings is 2. The molecule has 3 aliphatic rings. The Labute approximate surface area is 573 Å². The van der Waals surface area contributed by atoms with E-state index in [2.05, 4.69) is 83.0 Å². The molecule has 506 valence electrons. The summed E-state index contributed by atoms with van der Waals surface area (Å²) < 4.78 is 14.1. The van der Waals surface area contributed by atoms with Crippen LogP contribution in [0.4, 0.5) is 5.82 Å². The largest absolute Gasteiger partial charge is 0.387 e. The monoisotopic (exact) mass is 1350 g/mol. The topological polar surface area (TPSA) is 218 Å². The third-order valence-corrected chi connectivity index (χ3v) is 20.1. The van der Waals surface area contributed by atoms with Crippen molar-refractivity contribution in [3.63, 3.8) is 0 Å². The van der Waals surface area contributed by atoms with Gasteiger partial charge in [0.1, 0.15) is 42.0 Å². The number of rotatable bonds is 32. The highest BCUT2D eigenvalue weighted by Gasteiger charge is 2.47. The Bertz CT molecular complexity index is 3780. The molecule has 0 bridgehead atoms. The highest BCUT2D eigenvalue weighted by molar-refractivity contribution is 6.42. The van der Waals surface area contributed by atoms with Crippen molar-refractivity contribution in [1.82, 2.24) is 39.3 Å². The van der Waals surface area contributed by atoms with Crippen LogP contribution in [0.5, 0.6) is 0 Å². The number of unbranched alkanes of at least 4 members (excludes halogenated alkanes) is 2. The fourth-order valence-electron chi connectivity index (χ4n) is 13.3. The third kappa shape index (κ3) is 18.9. The number of ether oxygens (including phenoxy) is 2. The Morgan fingerprint density at radius 1 is 0.800 bits per heavy atom. The minimum Gasteiger partial charge on any atom is -0.387 e. The first-order chi connectivity index (χ1) is 45.6. The molecule has 1 aliphatic carbocycles. The standard InChI is InChI=1S/C75H92Cl3N9O8/c1-47(2)86(57-37-52(38-57)26-30-66-83-63-29-27-56(75(4,5)6)41-64(63)84-66)44-65-69(91)70(92)74(95-65)87-46-82-67-71(80-45-81-72(67)87)79-31-12-8-11-19-58(88)20-13-21-59(89)22-15-33-94-32-14-18-53(34-49-16-9-7-10-17-49)73(93)85-42-54(35-50-24-23-48(3)61(77)39-50)68(90)55(43-85)36-51-25-28-60(76)62(78)40-51/h7,9-10,16-17,23-25,27-29,35-36,39-41,45-47,52-53,57,65,69-70,74,91-92H,8,11-15,18-22,26,30-34,37-38,42-44H2,1-6H3,(H,83,84)(H,79,80,81)/b54-35+,55-36+/t52?,53-,57?,65+,69?,70-,74+/m0/s1. The maximum absolute atomic E-state index is 14.7. The van der Waals surface area contributed by atoms with Crippen molar-refractivity contribution < 1.29 is 38.9 Å². The van der Waals surface area contributed by atoms with Crippen LogP contribution in [0.15, 0.2) is 109 Å². The number of amides is 1. The Balaban J connectivity index is 0.603. The maximum atomic E-state index is 14.7. The number of halogens is 3. The number of nitrogens with one attached hydrogen (secondary N) is 2. The van der Waals surface area contributed by atoms with E-state index in [4.69, 9.17) is 49.3 Å². The molecule has 4 aromatic carbocycles. The minimum atomic E-state index is -1.18. The summed E-state index contributed by atoms with van der Waals surface area (Å²) in [5.41, 5.74) is 8.84. The van der Waals surface area contributed by atoms with Crippen molar-refractivity contribution in [2.24, 2.45) is 11.8 Å². The van der Waals surface area contributed by atoms with Crippen molar-refractivity contribution >= 4 is 98.2 Å². The Kier molecular flexibility index (Phi) is 24.7. The molecule has 0 radical (unpaired) electrons. The SMILES string of the molecule is Cc1ccc(/C=C2\CN(C(=O)[C@@H](CCCOCCCC(=O)CCCC(=O)CCCCCNc3ncnc4c3ncn4[C@@H]3O[C@H](CN(C(C)C)C4CC(CCc5nc6ccc(C(C)(C)C)cc6[nH]5)C4)C(O)[C@@H]3O)Cc3ccccc3)C/C(=C\c3ccc(Cl)c(Cl)c3)C2=O)cc1Cl. The van der Waals surface area contributed by atoms with E-state index in [0.29, 0.717) is 145 Å². The van der Waals surface area contributed by atoms with Gasteiger partial charge in [0, 0.05) is 106 Å². The van der Waals surface area contributed by atoms with Crippen molar-refractivity contribution in [1.29, 1.82) is 0 Å². The van der Waals surface area contributed by atoms with E-state index >= 15 is 0 Å². The van der Waals surface area contributed by atoms with Gasteiger partial charge >= 0.3 is 0 Å². The van der Waals surface area contributed by atoms with Gasteiger partial charge in [-0.05, 0) is 167 Å². The fourth-order valence-corrected chi connectivity index (χ4v) is 13.8. The Morgan fingerprint density at radius 2 is 1.49 bits per heavy atom. The highest BCUT2D eigenvalue weighted by atomic mass is 35.5. The van der Waals surface area contributed by atoms with Crippen LogP contribution in [-0.2, 0) is 46.9 Å². The average molecular weight is 1350 g/mol. The number of piperidine rings is 1. The van der Waals surface area contributed by atoms with E-state index < -0.39 is 24.5 Å². The van der Waals surface area contributed by atoms with Gasteiger partial charge in [-0.2, -0.15) is 0 Å². The molecule has 3 fully saturated rings. The first kappa shape index (κ1) is 71.1. The van der Waals surface area contributed by atoms with Crippen LogP contribution in [-0.4, -0.2) is 143 Å². The molecule has 3 aromatic heterocycles. The molecule has 1 saturated carbocycles. The van der Waals surface area contributed by atoms with Crippen molar-refractivity contribution in [3.8, 4) is 0 Å². The number of likely N-dealkylation sites (tertiary alicyclic amines) is 1. The molecule has 17 nitrogen and oxygen atoms in total. The molecule has 5 atom stereocenters. The molecule has 2 saturated heterocycles. The van der Waals surface area contributed by atoms with Gasteiger partial charge < -0.3 is 34.9 Å². The van der Waals surface area contributed by atoms with Gasteiger partial charge in [0.25, 0.3) is 0 Å². The van der Waals surface area contributed by atoms with Gasteiger partial charge in [-0.15, -0.1) is 0 Å². The number of carbonyl (C=O) groups excluding carboxylic acids is 4. The van der Waals surface area contributed by atoms with Crippen LogP contribution in [0.2, 0.25) is 15.1 Å². The summed E-state index contributed by atoms with van der Waals surface area (Å²) in [7, 11) is 0. The van der Waals surface area contributed by atoms with E-state index in [9.17, 15) is 29.4 Å². The number of fused-ring (bicyclic) bond motifs is 2. The smallest absolute Gasteiger partial charge is 0.226 e.